The summed E-state index contributed by atoms with van der Waals surface area (Å²) in [5.41, 5.74) is 9.68. The van der Waals surface area contributed by atoms with E-state index in [4.69, 9.17) is 6.35 Å². The largest absolute Gasteiger partial charge is 0.302 e. The van der Waals surface area contributed by atoms with Crippen LogP contribution in [0.25, 0.3) is 38.6 Å². The van der Waals surface area contributed by atoms with Gasteiger partial charge in [0.2, 0.25) is 11.2 Å². The van der Waals surface area contributed by atoms with Crippen LogP contribution in [-0.4, -0.2) is 9.55 Å². The van der Waals surface area contributed by atoms with Gasteiger partial charge in [-0.1, -0.05) is 50.2 Å². The Kier molecular flexibility index (Phi) is 3.84. The summed E-state index contributed by atoms with van der Waals surface area (Å²) in [6, 6.07) is 19.5. The van der Waals surface area contributed by atoms with Gasteiger partial charge in [-0.2, -0.15) is 4.57 Å². The number of imidazole rings is 1. The number of benzene rings is 3. The number of rotatable bonds is 2. The van der Waals surface area contributed by atoms with Crippen molar-refractivity contribution >= 4 is 21.7 Å². The molecule has 0 atom stereocenters. The Morgan fingerprint density at radius 2 is 1.75 bits per heavy atom. The van der Waals surface area contributed by atoms with E-state index < -0.39 is 5.89 Å². The van der Waals surface area contributed by atoms with E-state index in [1.807, 2.05) is 13.8 Å². The maximum absolute atomic E-state index is 8.62. The lowest BCUT2D eigenvalue weighted by Gasteiger charge is -2.17. The molecule has 3 heterocycles. The summed E-state index contributed by atoms with van der Waals surface area (Å²) >= 11 is 0. The summed E-state index contributed by atoms with van der Waals surface area (Å²) in [5, 5.41) is 3.71. The average molecular weight is 420 g/mol. The van der Waals surface area contributed by atoms with Gasteiger partial charge in [-0.05, 0) is 47.9 Å². The Labute approximate surface area is 190 Å². The molecule has 0 saturated heterocycles. The zero-order chi connectivity index (χ0) is 23.1. The molecule has 1 aliphatic rings. The van der Waals surface area contributed by atoms with Gasteiger partial charge >= 0.3 is 0 Å². The van der Waals surface area contributed by atoms with E-state index in [1.54, 1.807) is 0 Å². The number of aryl methyl sites for hydroxylation is 3. The van der Waals surface area contributed by atoms with Crippen LogP contribution in [0.1, 0.15) is 49.3 Å². The Morgan fingerprint density at radius 1 is 0.969 bits per heavy atom. The molecule has 3 aromatic carbocycles. The van der Waals surface area contributed by atoms with Crippen molar-refractivity contribution in [1.29, 1.82) is 0 Å². The molecule has 1 aliphatic heterocycles. The van der Waals surface area contributed by atoms with Crippen LogP contribution in [0.4, 0.5) is 0 Å². The Morgan fingerprint density at radius 3 is 2.53 bits per heavy atom. The summed E-state index contributed by atoms with van der Waals surface area (Å²) < 4.78 is 13.2. The zero-order valence-electron chi connectivity index (χ0n) is 20.3. The van der Waals surface area contributed by atoms with Crippen LogP contribution in [-0.2, 0) is 13.5 Å². The lowest BCUT2D eigenvalue weighted by Crippen LogP contribution is -2.32. The monoisotopic (exact) mass is 419 g/mol. The minimum Gasteiger partial charge on any atom is -0.302 e. The first-order chi connectivity index (χ1) is 15.8. The van der Waals surface area contributed by atoms with Crippen LogP contribution in [0.2, 0.25) is 0 Å². The summed E-state index contributed by atoms with van der Waals surface area (Å²) in [4.78, 5) is 4.82. The average Bonchev–Trinajstić information content (AvgIpc) is 3.30. The molecule has 158 valence electrons. The van der Waals surface area contributed by atoms with Gasteiger partial charge < -0.3 is 4.57 Å². The van der Waals surface area contributed by atoms with Crippen molar-refractivity contribution in [2.45, 2.75) is 40.0 Å². The first-order valence-corrected chi connectivity index (χ1v) is 11.3. The zero-order valence-corrected chi connectivity index (χ0v) is 19.3. The Hall–Kier alpha value is -3.46. The molecule has 2 aromatic heterocycles. The number of hydrogen-bond acceptors (Lipinski definition) is 1. The first-order valence-electron chi connectivity index (χ1n) is 11.8. The van der Waals surface area contributed by atoms with E-state index in [0.29, 0.717) is 0 Å². The van der Waals surface area contributed by atoms with Crippen LogP contribution in [0.3, 0.4) is 0 Å². The highest BCUT2D eigenvalue weighted by Crippen LogP contribution is 2.43. The summed E-state index contributed by atoms with van der Waals surface area (Å²) in [6.07, 6.45) is 3.00. The van der Waals surface area contributed by atoms with Gasteiger partial charge in [0, 0.05) is 36.9 Å². The molecule has 6 rings (SSSR count). The fourth-order valence-electron chi connectivity index (χ4n) is 5.59. The third-order valence-corrected chi connectivity index (χ3v) is 7.03. The van der Waals surface area contributed by atoms with E-state index in [2.05, 4.69) is 90.8 Å². The minimum absolute atomic E-state index is 0.652. The van der Waals surface area contributed by atoms with Gasteiger partial charge in [0.1, 0.15) is 12.9 Å². The lowest BCUT2D eigenvalue weighted by atomic mass is 9.89. The minimum atomic E-state index is -0.652. The van der Waals surface area contributed by atoms with Crippen molar-refractivity contribution in [1.82, 2.24) is 9.55 Å². The van der Waals surface area contributed by atoms with Crippen molar-refractivity contribution in [3.05, 3.63) is 89.0 Å². The molecule has 3 nitrogen and oxygen atoms in total. The van der Waals surface area contributed by atoms with Gasteiger partial charge in [-0.15, -0.1) is 0 Å². The Bertz CT molecular complexity index is 1600. The number of nitrogens with zero attached hydrogens (tertiary/aromatic N) is 3. The molecule has 0 spiro atoms. The van der Waals surface area contributed by atoms with Gasteiger partial charge in [0.05, 0.1) is 16.9 Å². The fraction of sp³-hybridized carbons (Fsp3) is 0.241. The second-order valence-corrected chi connectivity index (χ2v) is 9.23. The van der Waals surface area contributed by atoms with Crippen molar-refractivity contribution in [3.63, 3.8) is 0 Å². The van der Waals surface area contributed by atoms with Gasteiger partial charge in [-0.25, -0.2) is 4.98 Å². The topological polar surface area (TPSA) is 21.7 Å². The van der Waals surface area contributed by atoms with E-state index in [0.717, 1.165) is 34.4 Å². The van der Waals surface area contributed by atoms with Gasteiger partial charge in [-0.3, -0.25) is 0 Å². The van der Waals surface area contributed by atoms with E-state index in [9.17, 15) is 0 Å². The third kappa shape index (κ3) is 2.54. The van der Waals surface area contributed by atoms with Crippen LogP contribution in [0.15, 0.2) is 60.8 Å². The van der Waals surface area contributed by atoms with Crippen molar-refractivity contribution in [3.8, 4) is 16.9 Å². The standard InChI is InChI=1S/C29H28N3/c1-17(2)20-11-8-12-25-22(20)13-14-26(31(25)5)28-19(4)21-9-6-7-10-23(21)29-24(28)15-27-30-18(3)16-32(27)29/h6-14,16-17H,15H2,1-5H3/q+1/i17D. The predicted octanol–water partition coefficient (Wildman–Crippen LogP) is 6.31. The third-order valence-electron chi connectivity index (χ3n) is 7.03. The highest BCUT2D eigenvalue weighted by Gasteiger charge is 2.31. The molecule has 0 bridgehead atoms. The maximum Gasteiger partial charge on any atom is 0.213 e. The number of fused-ring (bicyclic) bond motifs is 6. The normalized spacial score (nSPS) is 13.5. The second-order valence-electron chi connectivity index (χ2n) is 9.23. The van der Waals surface area contributed by atoms with Crippen molar-refractivity contribution in [2.75, 3.05) is 0 Å². The van der Waals surface area contributed by atoms with Gasteiger partial charge in [0.25, 0.3) is 0 Å². The predicted molar refractivity (Wildman–Crippen MR) is 132 cm³/mol. The molecule has 3 heteroatoms. The van der Waals surface area contributed by atoms with E-state index in [1.165, 1.54) is 38.8 Å². The van der Waals surface area contributed by atoms with E-state index >= 15 is 0 Å². The van der Waals surface area contributed by atoms with Crippen LogP contribution in [0, 0.1) is 13.8 Å². The molecule has 0 aliphatic carbocycles. The molecule has 5 aromatic rings. The molecule has 0 N–H and O–H groups in total. The summed E-state index contributed by atoms with van der Waals surface area (Å²) in [7, 11) is 2.15. The highest BCUT2D eigenvalue weighted by atomic mass is 15.1. The second kappa shape index (κ2) is 6.77. The molecule has 0 saturated carbocycles. The van der Waals surface area contributed by atoms with Crippen molar-refractivity contribution < 1.29 is 5.94 Å². The van der Waals surface area contributed by atoms with Crippen LogP contribution < -0.4 is 4.57 Å². The quantitative estimate of drug-likeness (QED) is 0.301. The SMILES string of the molecule is [2H]C(C)(C)c1cccc2c1ccc(-c1c3c(c4ccccc4c1C)-n1cc(C)nc1C3)[n+]2C. The first kappa shape index (κ1) is 18.1. The molecule has 32 heavy (non-hydrogen) atoms. The smallest absolute Gasteiger partial charge is 0.213 e. The summed E-state index contributed by atoms with van der Waals surface area (Å²) in [6.45, 7) is 8.23. The number of aromatic nitrogens is 3. The molecule has 0 fully saturated rings. The van der Waals surface area contributed by atoms with Crippen molar-refractivity contribution in [2.24, 2.45) is 7.05 Å². The molecular weight excluding hydrogens is 390 g/mol. The highest BCUT2D eigenvalue weighted by molar-refractivity contribution is 6.00. The molecule has 0 unspecified atom stereocenters. The number of hydrogen-bond donors (Lipinski definition) is 0. The fourth-order valence-corrected chi connectivity index (χ4v) is 5.59. The van der Waals surface area contributed by atoms with Gasteiger partial charge in [0.15, 0.2) is 0 Å². The maximum atomic E-state index is 8.62. The molecule has 0 amide bonds. The summed E-state index contributed by atoms with van der Waals surface area (Å²) in [5.74, 6) is 0.461. The van der Waals surface area contributed by atoms with E-state index in [-0.39, 0.29) is 0 Å². The van der Waals surface area contributed by atoms with Crippen LogP contribution in [0.5, 0.6) is 0 Å². The molecule has 0 radical (unpaired) electrons. The lowest BCUT2D eigenvalue weighted by molar-refractivity contribution is -0.633. The van der Waals surface area contributed by atoms with Crippen LogP contribution >= 0.6 is 0 Å². The molecular formula is C29H28N3+. The Balaban J connectivity index is 1.71. The number of pyridine rings is 1.